The molecule has 21 heavy (non-hydrogen) atoms. The third-order valence-corrected chi connectivity index (χ3v) is 3.92. The minimum atomic E-state index is -0.838. The molecule has 1 unspecified atom stereocenters. The van der Waals surface area contributed by atoms with Gasteiger partial charge in [-0.3, -0.25) is 4.79 Å². The highest BCUT2D eigenvalue weighted by Gasteiger charge is 2.21. The predicted molar refractivity (Wildman–Crippen MR) is 83.8 cm³/mol. The molecular formula is C17H14ClNO2. The van der Waals surface area contributed by atoms with Crippen molar-refractivity contribution in [2.24, 2.45) is 0 Å². The maximum absolute atomic E-state index is 11.6. The lowest BCUT2D eigenvalue weighted by molar-refractivity contribution is -0.139. The first kappa shape index (κ1) is 13.7. The van der Waals surface area contributed by atoms with Crippen LogP contribution in [0.1, 0.15) is 11.5 Å². The van der Waals surface area contributed by atoms with Gasteiger partial charge in [0.15, 0.2) is 0 Å². The molecule has 1 N–H and O–H groups in total. The lowest BCUT2D eigenvalue weighted by Gasteiger charge is -2.14. The van der Waals surface area contributed by atoms with Gasteiger partial charge in [-0.1, -0.05) is 60.1 Å². The van der Waals surface area contributed by atoms with Crippen LogP contribution in [0.2, 0.25) is 5.02 Å². The standard InChI is InChI=1S/C17H14ClNO2/c18-15-11-19(16-9-5-4-8-13(15)16)10-14(17(20)21)12-6-2-1-3-7-12/h1-9,11,14H,10H2,(H,20,21). The molecule has 4 heteroatoms. The molecule has 2 aromatic carbocycles. The van der Waals surface area contributed by atoms with E-state index in [1.165, 1.54) is 0 Å². The van der Waals surface area contributed by atoms with Gasteiger partial charge < -0.3 is 9.67 Å². The fraction of sp³-hybridized carbons (Fsp3) is 0.118. The number of nitrogens with zero attached hydrogens (tertiary/aromatic N) is 1. The van der Waals surface area contributed by atoms with Crippen molar-refractivity contribution in [3.05, 3.63) is 71.4 Å². The Bertz CT molecular complexity index is 780. The number of carboxylic acids is 1. The van der Waals surface area contributed by atoms with Gasteiger partial charge in [-0.05, 0) is 11.6 Å². The first-order valence-corrected chi connectivity index (χ1v) is 7.06. The number of halogens is 1. The Kier molecular flexibility index (Phi) is 3.67. The van der Waals surface area contributed by atoms with Crippen molar-refractivity contribution < 1.29 is 9.90 Å². The van der Waals surface area contributed by atoms with Gasteiger partial charge in [0.1, 0.15) is 0 Å². The van der Waals surface area contributed by atoms with E-state index in [1.807, 2.05) is 59.2 Å². The molecule has 3 aromatic rings. The molecule has 0 aliphatic heterocycles. The quantitative estimate of drug-likeness (QED) is 0.786. The van der Waals surface area contributed by atoms with E-state index in [9.17, 15) is 9.90 Å². The van der Waals surface area contributed by atoms with Crippen LogP contribution < -0.4 is 0 Å². The van der Waals surface area contributed by atoms with E-state index < -0.39 is 11.9 Å². The average molecular weight is 300 g/mol. The van der Waals surface area contributed by atoms with Crippen LogP contribution in [0.15, 0.2) is 60.8 Å². The summed E-state index contributed by atoms with van der Waals surface area (Å²) in [4.78, 5) is 11.6. The van der Waals surface area contributed by atoms with Gasteiger partial charge in [0.2, 0.25) is 0 Å². The van der Waals surface area contributed by atoms with Crippen LogP contribution in [0.4, 0.5) is 0 Å². The summed E-state index contributed by atoms with van der Waals surface area (Å²) in [6, 6.07) is 17.0. The van der Waals surface area contributed by atoms with Crippen molar-refractivity contribution in [1.82, 2.24) is 4.57 Å². The predicted octanol–water partition coefficient (Wildman–Crippen LogP) is 4.16. The van der Waals surface area contributed by atoms with E-state index in [-0.39, 0.29) is 0 Å². The number of carboxylic acid groups (broad SMARTS) is 1. The number of aliphatic carboxylic acids is 1. The maximum Gasteiger partial charge on any atom is 0.312 e. The molecule has 3 nitrogen and oxygen atoms in total. The molecule has 0 aliphatic rings. The second kappa shape index (κ2) is 5.62. The third kappa shape index (κ3) is 2.65. The van der Waals surface area contributed by atoms with E-state index >= 15 is 0 Å². The van der Waals surface area contributed by atoms with Gasteiger partial charge in [0.05, 0.1) is 10.9 Å². The van der Waals surface area contributed by atoms with Crippen molar-refractivity contribution in [2.75, 3.05) is 0 Å². The van der Waals surface area contributed by atoms with Crippen LogP contribution in [-0.2, 0) is 11.3 Å². The van der Waals surface area contributed by atoms with E-state index in [0.717, 1.165) is 16.5 Å². The summed E-state index contributed by atoms with van der Waals surface area (Å²) in [7, 11) is 0. The number of carbonyl (C=O) groups is 1. The zero-order valence-corrected chi connectivity index (χ0v) is 12.0. The molecule has 0 saturated heterocycles. The number of aromatic nitrogens is 1. The smallest absolute Gasteiger partial charge is 0.312 e. The van der Waals surface area contributed by atoms with Crippen molar-refractivity contribution in [1.29, 1.82) is 0 Å². The SMILES string of the molecule is O=C(O)C(Cn1cc(Cl)c2ccccc21)c1ccccc1. The highest BCUT2D eigenvalue weighted by Crippen LogP contribution is 2.28. The number of para-hydroxylation sites is 1. The summed E-state index contributed by atoms with van der Waals surface area (Å²) < 4.78 is 1.91. The normalized spacial score (nSPS) is 12.4. The van der Waals surface area contributed by atoms with E-state index in [4.69, 9.17) is 11.6 Å². The molecule has 106 valence electrons. The van der Waals surface area contributed by atoms with Gasteiger partial charge in [-0.2, -0.15) is 0 Å². The van der Waals surface area contributed by atoms with Crippen LogP contribution in [0.25, 0.3) is 10.9 Å². The minimum absolute atomic E-state index is 0.354. The van der Waals surface area contributed by atoms with Crippen molar-refractivity contribution >= 4 is 28.5 Å². The topological polar surface area (TPSA) is 42.2 Å². The first-order chi connectivity index (χ1) is 10.2. The summed E-state index contributed by atoms with van der Waals surface area (Å²) in [6.45, 7) is 0.354. The lowest BCUT2D eigenvalue weighted by atomic mass is 9.99. The molecule has 1 heterocycles. The summed E-state index contributed by atoms with van der Waals surface area (Å²) in [6.07, 6.45) is 1.80. The summed E-state index contributed by atoms with van der Waals surface area (Å²) >= 11 is 6.22. The third-order valence-electron chi connectivity index (χ3n) is 3.62. The zero-order chi connectivity index (χ0) is 14.8. The molecular weight excluding hydrogens is 286 g/mol. The number of benzene rings is 2. The average Bonchev–Trinajstić information content (AvgIpc) is 2.82. The molecule has 0 saturated carbocycles. The fourth-order valence-electron chi connectivity index (χ4n) is 2.56. The molecule has 1 aromatic heterocycles. The van der Waals surface area contributed by atoms with Gasteiger partial charge in [-0.25, -0.2) is 0 Å². The first-order valence-electron chi connectivity index (χ1n) is 6.68. The number of hydrogen-bond acceptors (Lipinski definition) is 1. The highest BCUT2D eigenvalue weighted by atomic mass is 35.5. The molecule has 0 bridgehead atoms. The van der Waals surface area contributed by atoms with Crippen LogP contribution in [-0.4, -0.2) is 15.6 Å². The molecule has 0 aliphatic carbocycles. The lowest BCUT2D eigenvalue weighted by Crippen LogP contribution is -2.17. The van der Waals surface area contributed by atoms with Crippen molar-refractivity contribution in [3.63, 3.8) is 0 Å². The van der Waals surface area contributed by atoms with E-state index in [1.54, 1.807) is 6.20 Å². The maximum atomic E-state index is 11.6. The number of hydrogen-bond donors (Lipinski definition) is 1. The molecule has 0 radical (unpaired) electrons. The second-order valence-electron chi connectivity index (χ2n) is 4.95. The summed E-state index contributed by atoms with van der Waals surface area (Å²) in [5, 5.41) is 11.1. The Morgan fingerprint density at radius 2 is 1.76 bits per heavy atom. The van der Waals surface area contributed by atoms with Crippen LogP contribution in [0.3, 0.4) is 0 Å². The van der Waals surface area contributed by atoms with Crippen LogP contribution in [0, 0.1) is 0 Å². The molecule has 0 fully saturated rings. The fourth-order valence-corrected chi connectivity index (χ4v) is 2.84. The van der Waals surface area contributed by atoms with Crippen LogP contribution >= 0.6 is 11.6 Å². The molecule has 3 rings (SSSR count). The van der Waals surface area contributed by atoms with Gasteiger partial charge in [0, 0.05) is 23.6 Å². The van der Waals surface area contributed by atoms with Gasteiger partial charge in [-0.15, -0.1) is 0 Å². The van der Waals surface area contributed by atoms with Crippen molar-refractivity contribution in [3.8, 4) is 0 Å². The molecule has 1 atom stereocenters. The zero-order valence-electron chi connectivity index (χ0n) is 11.2. The summed E-state index contributed by atoms with van der Waals surface area (Å²) in [5.41, 5.74) is 1.74. The Hall–Kier alpha value is -2.26. The molecule has 0 amide bonds. The van der Waals surface area contributed by atoms with Crippen LogP contribution in [0.5, 0.6) is 0 Å². The Labute approximate surface area is 127 Å². The van der Waals surface area contributed by atoms with Crippen molar-refractivity contribution in [2.45, 2.75) is 12.5 Å². The highest BCUT2D eigenvalue weighted by molar-refractivity contribution is 6.35. The largest absolute Gasteiger partial charge is 0.481 e. The number of rotatable bonds is 4. The Morgan fingerprint density at radius 3 is 2.48 bits per heavy atom. The van der Waals surface area contributed by atoms with E-state index in [0.29, 0.717) is 11.6 Å². The monoisotopic (exact) mass is 299 g/mol. The number of fused-ring (bicyclic) bond motifs is 1. The Balaban J connectivity index is 2.01. The van der Waals surface area contributed by atoms with Gasteiger partial charge in [0.25, 0.3) is 0 Å². The second-order valence-corrected chi connectivity index (χ2v) is 5.36. The minimum Gasteiger partial charge on any atom is -0.481 e. The van der Waals surface area contributed by atoms with Gasteiger partial charge >= 0.3 is 5.97 Å². The van der Waals surface area contributed by atoms with E-state index in [2.05, 4.69) is 0 Å². The molecule has 0 spiro atoms. The Morgan fingerprint density at radius 1 is 1.10 bits per heavy atom. The summed E-state index contributed by atoms with van der Waals surface area (Å²) in [5.74, 6) is -1.44.